The molecule has 0 saturated heterocycles. The van der Waals surface area contributed by atoms with E-state index in [1.807, 2.05) is 23.6 Å². The molecule has 0 spiro atoms. The van der Waals surface area contributed by atoms with Crippen LogP contribution < -0.4 is 0 Å². The molecule has 2 atom stereocenters. The lowest BCUT2D eigenvalue weighted by Crippen LogP contribution is -2.13. The third-order valence-corrected chi connectivity index (χ3v) is 12.3. The van der Waals surface area contributed by atoms with E-state index < -0.39 is 0 Å². The Labute approximate surface area is 331 Å². The standard InChI is InChI=1S/C53H38N2S/c1-5-15-37(16-6-1)44-32-48(39-19-9-3-10-20-39)51-49(33-44)50-43(29-30-46(52(50)56-51)38-17-7-2-8-18-38)35-55-53(42-22-11-4-12-23-42)54-34-36-25-26-41-28-27-40-21-13-14-24-45(40)47(41)31-36/h1-33,35,40,45H,34H2. The number of hydrogen-bond donors (Lipinski definition) is 0. The van der Waals surface area contributed by atoms with Crippen molar-refractivity contribution in [2.45, 2.75) is 12.5 Å². The molecule has 2 unspecified atom stereocenters. The third-order valence-electron chi connectivity index (χ3n) is 11.0. The van der Waals surface area contributed by atoms with Crippen LogP contribution >= 0.6 is 11.3 Å². The predicted octanol–water partition coefficient (Wildman–Crippen LogP) is 14.0. The monoisotopic (exact) mass is 734 g/mol. The second kappa shape index (κ2) is 14.9. The van der Waals surface area contributed by atoms with Crippen LogP contribution in [0.5, 0.6) is 0 Å². The van der Waals surface area contributed by atoms with Gasteiger partial charge >= 0.3 is 0 Å². The highest BCUT2D eigenvalue weighted by Gasteiger charge is 2.24. The lowest BCUT2D eigenvalue weighted by molar-refractivity contribution is 0.691. The first-order chi connectivity index (χ1) is 27.8. The number of hydrogen-bond acceptors (Lipinski definition) is 2. The number of amidine groups is 1. The van der Waals surface area contributed by atoms with Crippen LogP contribution in [0.25, 0.3) is 59.6 Å². The smallest absolute Gasteiger partial charge is 0.154 e. The molecular formula is C53H38N2S. The largest absolute Gasteiger partial charge is 0.261 e. The van der Waals surface area contributed by atoms with Crippen molar-refractivity contribution in [3.8, 4) is 33.4 Å². The fourth-order valence-electron chi connectivity index (χ4n) is 8.18. The van der Waals surface area contributed by atoms with Crippen molar-refractivity contribution in [3.63, 3.8) is 0 Å². The molecule has 0 bridgehead atoms. The zero-order valence-corrected chi connectivity index (χ0v) is 31.6. The van der Waals surface area contributed by atoms with Gasteiger partial charge in [0.25, 0.3) is 0 Å². The molecule has 1 aromatic heterocycles. The molecule has 56 heavy (non-hydrogen) atoms. The van der Waals surface area contributed by atoms with Gasteiger partial charge in [-0.05, 0) is 56.6 Å². The van der Waals surface area contributed by atoms with Gasteiger partial charge in [-0.15, -0.1) is 11.3 Å². The average molecular weight is 735 g/mol. The Morgan fingerprint density at radius 3 is 2.00 bits per heavy atom. The summed E-state index contributed by atoms with van der Waals surface area (Å²) in [5.74, 6) is 1.49. The van der Waals surface area contributed by atoms with Crippen LogP contribution in [-0.2, 0) is 6.54 Å². The zero-order valence-electron chi connectivity index (χ0n) is 30.8. The van der Waals surface area contributed by atoms with E-state index in [9.17, 15) is 0 Å². The molecule has 0 fully saturated rings. The first kappa shape index (κ1) is 33.9. The first-order valence-electron chi connectivity index (χ1n) is 19.3. The third kappa shape index (κ3) is 6.46. The van der Waals surface area contributed by atoms with E-state index >= 15 is 0 Å². The van der Waals surface area contributed by atoms with Gasteiger partial charge in [-0.3, -0.25) is 4.99 Å². The Kier molecular flexibility index (Phi) is 8.99. The average Bonchev–Trinajstić information content (AvgIpc) is 3.67. The summed E-state index contributed by atoms with van der Waals surface area (Å²) in [5, 5.41) is 2.44. The van der Waals surface area contributed by atoms with Gasteiger partial charge in [0.1, 0.15) is 0 Å². The van der Waals surface area contributed by atoms with Crippen LogP contribution in [0.3, 0.4) is 0 Å². The van der Waals surface area contributed by atoms with E-state index in [1.54, 1.807) is 0 Å². The number of rotatable bonds is 7. The second-order valence-corrected chi connectivity index (χ2v) is 15.5. The van der Waals surface area contributed by atoms with Gasteiger partial charge in [0.15, 0.2) is 5.84 Å². The first-order valence-corrected chi connectivity index (χ1v) is 20.1. The van der Waals surface area contributed by atoms with E-state index in [1.165, 1.54) is 70.2 Å². The molecule has 2 nitrogen and oxygen atoms in total. The van der Waals surface area contributed by atoms with E-state index in [0.717, 1.165) is 17.0 Å². The van der Waals surface area contributed by atoms with Crippen molar-refractivity contribution < 1.29 is 0 Å². The predicted molar refractivity (Wildman–Crippen MR) is 240 cm³/mol. The zero-order chi connectivity index (χ0) is 37.3. The van der Waals surface area contributed by atoms with Crippen molar-refractivity contribution in [3.05, 3.63) is 222 Å². The minimum absolute atomic E-state index is 0.363. The molecule has 0 N–H and O–H groups in total. The Bertz CT molecular complexity index is 2860. The van der Waals surface area contributed by atoms with Crippen LogP contribution in [0.2, 0.25) is 0 Å². The summed E-state index contributed by atoms with van der Waals surface area (Å²) in [6.45, 7) is 0.542. The molecule has 1 heterocycles. The normalized spacial score (nSPS) is 16.1. The summed E-state index contributed by atoms with van der Waals surface area (Å²) in [5.41, 5.74) is 13.2. The van der Waals surface area contributed by atoms with Gasteiger partial charge in [-0.2, -0.15) is 0 Å². The molecule has 10 rings (SSSR count). The molecule has 2 aliphatic carbocycles. The molecule has 7 aromatic carbocycles. The number of aliphatic imine (C=N–C) groups is 2. The minimum Gasteiger partial charge on any atom is -0.261 e. The Hall–Kier alpha value is -6.68. The van der Waals surface area contributed by atoms with E-state index in [4.69, 9.17) is 9.98 Å². The van der Waals surface area contributed by atoms with Crippen LogP contribution in [0.15, 0.2) is 204 Å². The maximum Gasteiger partial charge on any atom is 0.154 e. The molecule has 0 amide bonds. The highest BCUT2D eigenvalue weighted by Crippen LogP contribution is 2.47. The fraction of sp³-hybridized carbons (Fsp3) is 0.0566. The van der Waals surface area contributed by atoms with Crippen molar-refractivity contribution in [2.75, 3.05) is 0 Å². The van der Waals surface area contributed by atoms with Gasteiger partial charge in [0.05, 0.1) is 6.54 Å². The Morgan fingerprint density at radius 1 is 0.571 bits per heavy atom. The molecule has 0 radical (unpaired) electrons. The summed E-state index contributed by atoms with van der Waals surface area (Å²) < 4.78 is 2.53. The van der Waals surface area contributed by atoms with Crippen LogP contribution in [-0.4, -0.2) is 12.1 Å². The van der Waals surface area contributed by atoms with E-state index in [2.05, 4.69) is 194 Å². The number of fused-ring (bicyclic) bond motifs is 6. The SMILES string of the molecule is C1=CC2C=Cc3ccc(CN=C(N=Cc4ccc(-c5ccccc5)c5sc6c(-c7ccccc7)cc(-c7ccccc7)cc6c45)c4ccccc4)cc3C2C=C1. The summed E-state index contributed by atoms with van der Waals surface area (Å²) in [6, 6.07) is 58.6. The summed E-state index contributed by atoms with van der Waals surface area (Å²) in [7, 11) is 0. The highest BCUT2D eigenvalue weighted by molar-refractivity contribution is 7.27. The molecule has 3 heteroatoms. The Morgan fingerprint density at radius 2 is 1.25 bits per heavy atom. The van der Waals surface area contributed by atoms with Crippen LogP contribution in [0, 0.1) is 5.92 Å². The molecule has 0 aliphatic heterocycles. The van der Waals surface area contributed by atoms with Crippen molar-refractivity contribution in [1.29, 1.82) is 0 Å². The van der Waals surface area contributed by atoms with Gasteiger partial charge < -0.3 is 0 Å². The highest BCUT2D eigenvalue weighted by atomic mass is 32.1. The molecule has 0 saturated carbocycles. The quantitative estimate of drug-likeness (QED) is 0.115. The van der Waals surface area contributed by atoms with E-state index in [0.29, 0.717) is 18.4 Å². The number of allylic oxidation sites excluding steroid dienone is 5. The second-order valence-electron chi connectivity index (χ2n) is 14.5. The molecule has 266 valence electrons. The molecular weight excluding hydrogens is 697 g/mol. The summed E-state index contributed by atoms with van der Waals surface area (Å²) in [6.07, 6.45) is 15.6. The van der Waals surface area contributed by atoms with Crippen LogP contribution in [0.4, 0.5) is 0 Å². The fourth-order valence-corrected chi connectivity index (χ4v) is 9.57. The van der Waals surface area contributed by atoms with Gasteiger partial charge in [-0.1, -0.05) is 188 Å². The Balaban J connectivity index is 1.13. The van der Waals surface area contributed by atoms with Gasteiger partial charge in [-0.25, -0.2) is 4.99 Å². The van der Waals surface area contributed by atoms with Crippen molar-refractivity contribution in [2.24, 2.45) is 15.9 Å². The molecule has 2 aliphatic rings. The summed E-state index contributed by atoms with van der Waals surface area (Å²) >= 11 is 1.87. The topological polar surface area (TPSA) is 24.7 Å². The van der Waals surface area contributed by atoms with Crippen molar-refractivity contribution >= 4 is 49.6 Å². The van der Waals surface area contributed by atoms with Crippen molar-refractivity contribution in [1.82, 2.24) is 0 Å². The van der Waals surface area contributed by atoms with E-state index in [-0.39, 0.29) is 0 Å². The molecule has 8 aromatic rings. The van der Waals surface area contributed by atoms with Gasteiger partial charge in [0.2, 0.25) is 0 Å². The number of benzene rings is 7. The minimum atomic E-state index is 0.363. The maximum absolute atomic E-state index is 5.23. The maximum atomic E-state index is 5.23. The number of thiophene rings is 1. The number of nitrogens with zero attached hydrogens (tertiary/aromatic N) is 2. The summed E-state index contributed by atoms with van der Waals surface area (Å²) in [4.78, 5) is 10.4. The van der Waals surface area contributed by atoms with Crippen LogP contribution in [0.1, 0.15) is 33.7 Å². The lowest BCUT2D eigenvalue weighted by atomic mass is 9.77. The lowest BCUT2D eigenvalue weighted by Gasteiger charge is -2.27. The van der Waals surface area contributed by atoms with Gasteiger partial charge in [0, 0.05) is 54.9 Å².